The van der Waals surface area contributed by atoms with E-state index in [1.807, 2.05) is 56.5 Å². The van der Waals surface area contributed by atoms with Crippen LogP contribution >= 0.6 is 12.2 Å². The highest BCUT2D eigenvalue weighted by atomic mass is 32.2. The van der Waals surface area contributed by atoms with Crippen LogP contribution in [0.1, 0.15) is 57.5 Å². The largest absolute Gasteiger partial charge is 0.363 e. The first-order chi connectivity index (χ1) is 14.0. The summed E-state index contributed by atoms with van der Waals surface area (Å²) in [6, 6.07) is 7.53. The zero-order valence-corrected chi connectivity index (χ0v) is 20.5. The van der Waals surface area contributed by atoms with Gasteiger partial charge in [-0.3, -0.25) is 0 Å². The Morgan fingerprint density at radius 1 is 1.20 bits per heavy atom. The number of hydrogen-bond donors (Lipinski definition) is 1. The van der Waals surface area contributed by atoms with Crippen LogP contribution in [-0.2, 0) is 22.1 Å². The van der Waals surface area contributed by atoms with Crippen LogP contribution in [0.5, 0.6) is 0 Å². The van der Waals surface area contributed by atoms with E-state index in [4.69, 9.17) is 12.2 Å². The number of aryl methyl sites for hydroxylation is 1. The summed E-state index contributed by atoms with van der Waals surface area (Å²) in [7, 11) is -3.59. The second-order valence-electron chi connectivity index (χ2n) is 8.35. The minimum Gasteiger partial charge on any atom is -0.363 e. The van der Waals surface area contributed by atoms with Crippen LogP contribution in [0.15, 0.2) is 35.6 Å². The van der Waals surface area contributed by atoms with Crippen molar-refractivity contribution in [2.75, 3.05) is 13.1 Å². The van der Waals surface area contributed by atoms with Crippen LogP contribution in [0.3, 0.4) is 0 Å². The molecule has 0 atom stereocenters. The van der Waals surface area contributed by atoms with Crippen molar-refractivity contribution in [2.24, 2.45) is 5.92 Å². The molecule has 0 amide bonds. The van der Waals surface area contributed by atoms with E-state index < -0.39 is 9.84 Å². The van der Waals surface area contributed by atoms with E-state index in [1.54, 1.807) is 6.20 Å². The fraction of sp³-hybridized carbons (Fsp3) is 0.545. The minimum absolute atomic E-state index is 0.0427. The second kappa shape index (κ2) is 10.4. The Kier molecular flexibility index (Phi) is 8.43. The normalized spacial score (nSPS) is 11.9. The molecule has 0 bridgehead atoms. The van der Waals surface area contributed by atoms with E-state index in [1.165, 1.54) is 0 Å². The lowest BCUT2D eigenvalue weighted by molar-refractivity contribution is 0.340. The van der Waals surface area contributed by atoms with Gasteiger partial charge in [0.25, 0.3) is 0 Å². The smallest absolute Gasteiger partial charge is 0.228 e. The average molecular weight is 451 g/mol. The SMILES string of the molecule is CCNC(=S)N(Cc1cnc(S(=O)(=O)Cc2ccc(C)cc2)n1C(C)C)CC(C)C. The molecule has 0 aliphatic carbocycles. The van der Waals surface area contributed by atoms with Crippen LogP contribution in [0.2, 0.25) is 0 Å². The van der Waals surface area contributed by atoms with E-state index in [0.717, 1.165) is 29.9 Å². The highest BCUT2D eigenvalue weighted by molar-refractivity contribution is 7.90. The maximum absolute atomic E-state index is 13.2. The third-order valence-corrected chi connectivity index (χ3v) is 6.64. The Bertz CT molecular complexity index is 948. The molecular weight excluding hydrogens is 416 g/mol. The number of imidazole rings is 1. The van der Waals surface area contributed by atoms with Crippen molar-refractivity contribution in [3.8, 4) is 0 Å². The summed E-state index contributed by atoms with van der Waals surface area (Å²) in [5.74, 6) is 0.351. The first kappa shape index (κ1) is 24.3. The monoisotopic (exact) mass is 450 g/mol. The van der Waals surface area contributed by atoms with Gasteiger partial charge in [-0.05, 0) is 51.4 Å². The molecule has 1 aromatic carbocycles. The molecule has 0 aliphatic heterocycles. The van der Waals surface area contributed by atoms with Crippen molar-refractivity contribution in [3.63, 3.8) is 0 Å². The Hall–Kier alpha value is -1.93. The highest BCUT2D eigenvalue weighted by Gasteiger charge is 2.26. The Morgan fingerprint density at radius 3 is 2.37 bits per heavy atom. The molecule has 6 nitrogen and oxygen atoms in total. The van der Waals surface area contributed by atoms with Gasteiger partial charge in [-0.2, -0.15) is 0 Å². The summed E-state index contributed by atoms with van der Waals surface area (Å²) in [6.07, 6.45) is 1.67. The van der Waals surface area contributed by atoms with Gasteiger partial charge in [0.1, 0.15) is 0 Å². The maximum atomic E-state index is 13.2. The van der Waals surface area contributed by atoms with Crippen LogP contribution in [0.4, 0.5) is 0 Å². The fourth-order valence-corrected chi connectivity index (χ4v) is 5.25. The summed E-state index contributed by atoms with van der Waals surface area (Å²) in [5, 5.41) is 3.99. The van der Waals surface area contributed by atoms with Gasteiger partial charge in [-0.25, -0.2) is 13.4 Å². The Labute approximate surface area is 186 Å². The molecule has 1 aromatic heterocycles. The zero-order valence-electron chi connectivity index (χ0n) is 18.8. The standard InChI is InChI=1S/C22H34N4O2S2/c1-7-23-21(29)25(13-16(2)3)14-20-12-24-22(26(20)17(4)5)30(27,28)15-19-10-8-18(6)9-11-19/h8-12,16-17H,7,13-15H2,1-6H3,(H,23,29). The lowest BCUT2D eigenvalue weighted by Gasteiger charge is -2.28. The van der Waals surface area contributed by atoms with Gasteiger partial charge in [0, 0.05) is 19.1 Å². The van der Waals surface area contributed by atoms with Gasteiger partial charge in [-0.15, -0.1) is 0 Å². The quantitative estimate of drug-likeness (QED) is 0.580. The van der Waals surface area contributed by atoms with Crippen molar-refractivity contribution in [1.82, 2.24) is 19.8 Å². The number of nitrogens with zero attached hydrogens (tertiary/aromatic N) is 3. The van der Waals surface area contributed by atoms with Crippen molar-refractivity contribution >= 4 is 27.2 Å². The molecular formula is C22H34N4O2S2. The molecule has 0 unspecified atom stereocenters. The molecule has 2 rings (SSSR count). The zero-order chi connectivity index (χ0) is 22.5. The van der Waals surface area contributed by atoms with Crippen LogP contribution in [0.25, 0.3) is 0 Å². The number of hydrogen-bond acceptors (Lipinski definition) is 4. The molecule has 166 valence electrons. The second-order valence-corrected chi connectivity index (χ2v) is 10.6. The Morgan fingerprint density at radius 2 is 1.83 bits per heavy atom. The predicted octanol–water partition coefficient (Wildman–Crippen LogP) is 4.10. The summed E-state index contributed by atoms with van der Waals surface area (Å²) in [4.78, 5) is 6.42. The lowest BCUT2D eigenvalue weighted by atomic mass is 10.2. The van der Waals surface area contributed by atoms with E-state index in [-0.39, 0.29) is 17.0 Å². The molecule has 0 saturated heterocycles. The van der Waals surface area contributed by atoms with E-state index in [2.05, 4.69) is 29.0 Å². The number of benzene rings is 1. The van der Waals surface area contributed by atoms with Gasteiger partial charge in [0.2, 0.25) is 15.0 Å². The van der Waals surface area contributed by atoms with Crippen LogP contribution < -0.4 is 5.32 Å². The minimum atomic E-state index is -3.59. The van der Waals surface area contributed by atoms with Crippen molar-refractivity contribution < 1.29 is 8.42 Å². The molecule has 0 spiro atoms. The average Bonchev–Trinajstić information content (AvgIpc) is 3.08. The van der Waals surface area contributed by atoms with Crippen molar-refractivity contribution in [3.05, 3.63) is 47.3 Å². The molecule has 2 aromatic rings. The predicted molar refractivity (Wildman–Crippen MR) is 126 cm³/mol. The van der Waals surface area contributed by atoms with Crippen LogP contribution in [-0.4, -0.2) is 41.1 Å². The summed E-state index contributed by atoms with van der Waals surface area (Å²) in [5.41, 5.74) is 2.70. The first-order valence-corrected chi connectivity index (χ1v) is 12.5. The number of rotatable bonds is 9. The summed E-state index contributed by atoms with van der Waals surface area (Å²) >= 11 is 5.55. The van der Waals surface area contributed by atoms with Crippen molar-refractivity contribution in [1.29, 1.82) is 0 Å². The summed E-state index contributed by atoms with van der Waals surface area (Å²) in [6.45, 7) is 14.3. The molecule has 0 radical (unpaired) electrons. The molecule has 30 heavy (non-hydrogen) atoms. The molecule has 1 heterocycles. The fourth-order valence-electron chi connectivity index (χ4n) is 3.36. The lowest BCUT2D eigenvalue weighted by Crippen LogP contribution is -2.41. The van der Waals surface area contributed by atoms with Crippen molar-refractivity contribution in [2.45, 2.75) is 65.0 Å². The topological polar surface area (TPSA) is 67.2 Å². The van der Waals surface area contributed by atoms with Gasteiger partial charge >= 0.3 is 0 Å². The number of sulfone groups is 1. The highest BCUT2D eigenvalue weighted by Crippen LogP contribution is 2.23. The number of aromatic nitrogens is 2. The van der Waals surface area contributed by atoms with Gasteiger partial charge < -0.3 is 14.8 Å². The molecule has 8 heteroatoms. The molecule has 1 N–H and O–H groups in total. The molecule has 0 fully saturated rings. The number of nitrogens with one attached hydrogen (secondary N) is 1. The first-order valence-electron chi connectivity index (χ1n) is 10.4. The number of thiocarbonyl (C=S) groups is 1. The molecule has 0 saturated carbocycles. The van der Waals surface area contributed by atoms with E-state index >= 15 is 0 Å². The summed E-state index contributed by atoms with van der Waals surface area (Å²) < 4.78 is 28.2. The Balaban J connectivity index is 2.37. The van der Waals surface area contributed by atoms with Crippen LogP contribution in [0, 0.1) is 12.8 Å². The third kappa shape index (κ3) is 6.28. The van der Waals surface area contributed by atoms with E-state index in [0.29, 0.717) is 17.6 Å². The van der Waals surface area contributed by atoms with E-state index in [9.17, 15) is 8.42 Å². The van der Waals surface area contributed by atoms with Gasteiger partial charge in [0.15, 0.2) is 5.11 Å². The maximum Gasteiger partial charge on any atom is 0.228 e. The van der Waals surface area contributed by atoms with Gasteiger partial charge in [-0.1, -0.05) is 43.7 Å². The van der Waals surface area contributed by atoms with Gasteiger partial charge in [0.05, 0.1) is 24.2 Å². The third-order valence-electron chi connectivity index (χ3n) is 4.66. The molecule has 0 aliphatic rings.